The fraction of sp³-hybridized carbons (Fsp3) is 0.300. The van der Waals surface area contributed by atoms with E-state index in [1.807, 2.05) is 63.2 Å². The molecule has 1 atom stereocenters. The van der Waals surface area contributed by atoms with Crippen molar-refractivity contribution in [2.75, 3.05) is 19.0 Å². The van der Waals surface area contributed by atoms with Gasteiger partial charge < -0.3 is 15.4 Å². The monoisotopic (exact) mass is 340 g/mol. The molecule has 25 heavy (non-hydrogen) atoms. The van der Waals surface area contributed by atoms with E-state index in [9.17, 15) is 9.59 Å². The summed E-state index contributed by atoms with van der Waals surface area (Å²) in [5.41, 5.74) is 4.72. The van der Waals surface area contributed by atoms with Gasteiger partial charge in [-0.15, -0.1) is 0 Å². The van der Waals surface area contributed by atoms with Gasteiger partial charge >= 0.3 is 11.8 Å². The molecule has 2 aromatic carbocycles. The second-order valence-electron chi connectivity index (χ2n) is 6.12. The molecule has 0 aliphatic carbocycles. The van der Waals surface area contributed by atoms with Crippen molar-refractivity contribution < 1.29 is 14.3 Å². The highest BCUT2D eigenvalue weighted by Gasteiger charge is 2.18. The number of carbonyl (C=O) groups excluding carboxylic acids is 2. The van der Waals surface area contributed by atoms with Crippen LogP contribution in [0.15, 0.2) is 42.5 Å². The zero-order valence-corrected chi connectivity index (χ0v) is 15.1. The molecule has 0 heterocycles. The lowest BCUT2D eigenvalue weighted by Gasteiger charge is -2.18. The maximum atomic E-state index is 12.1. The molecule has 5 nitrogen and oxygen atoms in total. The molecule has 5 heteroatoms. The van der Waals surface area contributed by atoms with Crippen molar-refractivity contribution in [2.24, 2.45) is 0 Å². The van der Waals surface area contributed by atoms with Gasteiger partial charge in [0.15, 0.2) is 0 Å². The molecule has 2 amide bonds. The van der Waals surface area contributed by atoms with Crippen LogP contribution in [0.5, 0.6) is 0 Å². The van der Waals surface area contributed by atoms with Gasteiger partial charge in [-0.3, -0.25) is 9.59 Å². The number of benzene rings is 2. The second kappa shape index (κ2) is 8.44. The molecule has 0 fully saturated rings. The Hall–Kier alpha value is -2.66. The summed E-state index contributed by atoms with van der Waals surface area (Å²) in [6.45, 7) is 6.08. The van der Waals surface area contributed by atoms with Crippen LogP contribution in [0.25, 0.3) is 0 Å². The molecular formula is C20H24N2O3. The van der Waals surface area contributed by atoms with Gasteiger partial charge in [-0.05, 0) is 55.2 Å². The highest BCUT2D eigenvalue weighted by atomic mass is 16.5. The molecule has 2 N–H and O–H groups in total. The fourth-order valence-electron chi connectivity index (χ4n) is 2.77. The third kappa shape index (κ3) is 5.16. The number of amides is 2. The summed E-state index contributed by atoms with van der Waals surface area (Å²) in [6.07, 6.45) is -0.306. The largest absolute Gasteiger partial charge is 0.375 e. The molecular weight excluding hydrogens is 316 g/mol. The molecule has 0 aliphatic heterocycles. The summed E-state index contributed by atoms with van der Waals surface area (Å²) in [6, 6.07) is 13.4. The first kappa shape index (κ1) is 18.7. The van der Waals surface area contributed by atoms with E-state index in [4.69, 9.17) is 4.74 Å². The molecule has 0 saturated carbocycles. The Balaban J connectivity index is 1.96. The van der Waals surface area contributed by atoms with Crippen LogP contribution in [0, 0.1) is 20.8 Å². The molecule has 1 unspecified atom stereocenters. The van der Waals surface area contributed by atoms with Crippen molar-refractivity contribution in [3.05, 3.63) is 64.7 Å². The lowest BCUT2D eigenvalue weighted by molar-refractivity contribution is -0.136. The summed E-state index contributed by atoms with van der Waals surface area (Å²) in [7, 11) is 1.58. The first-order valence-corrected chi connectivity index (χ1v) is 8.16. The molecule has 0 saturated heterocycles. The van der Waals surface area contributed by atoms with Crippen molar-refractivity contribution in [1.82, 2.24) is 5.32 Å². The van der Waals surface area contributed by atoms with E-state index in [1.54, 1.807) is 7.11 Å². The Bertz CT molecular complexity index is 751. The van der Waals surface area contributed by atoms with Gasteiger partial charge in [0, 0.05) is 19.3 Å². The third-order valence-electron chi connectivity index (χ3n) is 3.95. The average Bonchev–Trinajstić information content (AvgIpc) is 2.55. The SMILES string of the molecule is COC(CNC(=O)C(=O)Nc1cc(C)cc(C)c1)c1ccccc1C. The molecule has 0 spiro atoms. The molecule has 0 radical (unpaired) electrons. The zero-order valence-electron chi connectivity index (χ0n) is 15.1. The summed E-state index contributed by atoms with van der Waals surface area (Å²) in [4.78, 5) is 24.2. The molecule has 0 aliphatic rings. The van der Waals surface area contributed by atoms with Gasteiger partial charge in [0.25, 0.3) is 0 Å². The van der Waals surface area contributed by atoms with Crippen molar-refractivity contribution in [1.29, 1.82) is 0 Å². The number of nitrogens with one attached hydrogen (secondary N) is 2. The molecule has 2 rings (SSSR count). The number of hydrogen-bond donors (Lipinski definition) is 2. The fourth-order valence-corrected chi connectivity index (χ4v) is 2.77. The first-order valence-electron chi connectivity index (χ1n) is 8.16. The number of rotatable bonds is 5. The van der Waals surface area contributed by atoms with Crippen LogP contribution in [-0.2, 0) is 14.3 Å². The highest BCUT2D eigenvalue weighted by Crippen LogP contribution is 2.19. The van der Waals surface area contributed by atoms with Crippen molar-refractivity contribution in [3.63, 3.8) is 0 Å². The number of methoxy groups -OCH3 is 1. The van der Waals surface area contributed by atoms with Crippen molar-refractivity contribution >= 4 is 17.5 Å². The standard InChI is InChI=1S/C20H24N2O3/c1-13-9-14(2)11-16(10-13)22-20(24)19(23)21-12-18(25-4)17-8-6-5-7-15(17)3/h5-11,18H,12H2,1-4H3,(H,21,23)(H,22,24). The van der Waals surface area contributed by atoms with Gasteiger partial charge in [-0.25, -0.2) is 0 Å². The van der Waals surface area contributed by atoms with Gasteiger partial charge in [0.05, 0.1) is 6.10 Å². The van der Waals surface area contributed by atoms with E-state index in [-0.39, 0.29) is 12.6 Å². The van der Waals surface area contributed by atoms with Gasteiger partial charge in [-0.1, -0.05) is 30.3 Å². The number of ether oxygens (including phenoxy) is 1. The Morgan fingerprint density at radius 2 is 1.64 bits per heavy atom. The van der Waals surface area contributed by atoms with Crippen LogP contribution in [-0.4, -0.2) is 25.5 Å². The van der Waals surface area contributed by atoms with Crippen molar-refractivity contribution in [3.8, 4) is 0 Å². The predicted molar refractivity (Wildman–Crippen MR) is 98.5 cm³/mol. The first-order chi connectivity index (χ1) is 11.9. The van der Waals surface area contributed by atoms with Crippen LogP contribution in [0.3, 0.4) is 0 Å². The Kier molecular flexibility index (Phi) is 6.31. The van der Waals surface area contributed by atoms with Crippen LogP contribution in [0.1, 0.15) is 28.4 Å². The van der Waals surface area contributed by atoms with E-state index in [0.717, 1.165) is 22.3 Å². The summed E-state index contributed by atoms with van der Waals surface area (Å²) < 4.78 is 5.45. The highest BCUT2D eigenvalue weighted by molar-refractivity contribution is 6.39. The van der Waals surface area contributed by atoms with Crippen molar-refractivity contribution in [2.45, 2.75) is 26.9 Å². The van der Waals surface area contributed by atoms with E-state index < -0.39 is 11.8 Å². The quantitative estimate of drug-likeness (QED) is 0.822. The minimum atomic E-state index is -0.690. The van der Waals surface area contributed by atoms with E-state index >= 15 is 0 Å². The lowest BCUT2D eigenvalue weighted by Crippen LogP contribution is -2.38. The molecule has 0 bridgehead atoms. The normalized spacial score (nSPS) is 11.7. The van der Waals surface area contributed by atoms with Gasteiger partial charge in [0.1, 0.15) is 0 Å². The lowest BCUT2D eigenvalue weighted by atomic mass is 10.0. The second-order valence-corrected chi connectivity index (χ2v) is 6.12. The smallest absolute Gasteiger partial charge is 0.313 e. The van der Waals surface area contributed by atoms with E-state index in [1.165, 1.54) is 0 Å². The third-order valence-corrected chi connectivity index (χ3v) is 3.95. The van der Waals surface area contributed by atoms with Crippen LogP contribution in [0.4, 0.5) is 5.69 Å². The van der Waals surface area contributed by atoms with Crippen LogP contribution < -0.4 is 10.6 Å². The summed E-state index contributed by atoms with van der Waals surface area (Å²) >= 11 is 0. The van der Waals surface area contributed by atoms with E-state index in [2.05, 4.69) is 10.6 Å². The topological polar surface area (TPSA) is 67.4 Å². The van der Waals surface area contributed by atoms with Crippen LogP contribution in [0.2, 0.25) is 0 Å². The summed E-state index contributed by atoms with van der Waals surface area (Å²) in [5.74, 6) is -1.38. The van der Waals surface area contributed by atoms with Crippen LogP contribution >= 0.6 is 0 Å². The Morgan fingerprint density at radius 1 is 1.00 bits per heavy atom. The number of aryl methyl sites for hydroxylation is 3. The van der Waals surface area contributed by atoms with Gasteiger partial charge in [-0.2, -0.15) is 0 Å². The zero-order chi connectivity index (χ0) is 18.4. The minimum Gasteiger partial charge on any atom is -0.375 e. The molecule has 2 aromatic rings. The average molecular weight is 340 g/mol. The van der Waals surface area contributed by atoms with E-state index in [0.29, 0.717) is 5.69 Å². The van der Waals surface area contributed by atoms with Gasteiger partial charge in [0.2, 0.25) is 0 Å². The molecule has 0 aromatic heterocycles. The maximum Gasteiger partial charge on any atom is 0.313 e. The number of anilines is 1. The number of carbonyl (C=O) groups is 2. The summed E-state index contributed by atoms with van der Waals surface area (Å²) in [5, 5.41) is 5.26. The Morgan fingerprint density at radius 3 is 2.24 bits per heavy atom. The predicted octanol–water partition coefficient (Wildman–Crippen LogP) is 3.05. The maximum absolute atomic E-state index is 12.1. The number of hydrogen-bond acceptors (Lipinski definition) is 3. The Labute approximate surface area is 148 Å². The molecule has 132 valence electrons. The minimum absolute atomic E-state index is 0.223.